The van der Waals surface area contributed by atoms with Crippen LogP contribution >= 0.6 is 0 Å². The average Bonchev–Trinajstić information content (AvgIpc) is 3.79. The Kier molecular flexibility index (Phi) is 11.0. The molecule has 0 radical (unpaired) electrons. The van der Waals surface area contributed by atoms with Crippen LogP contribution in [0.3, 0.4) is 0 Å². The van der Waals surface area contributed by atoms with Gasteiger partial charge in [0.2, 0.25) is 11.8 Å². The number of allylic oxidation sites excluding steroid dienone is 1. The Balaban J connectivity index is 1.32. The molecule has 0 aromatic heterocycles. The van der Waals surface area contributed by atoms with Crippen molar-refractivity contribution in [1.29, 1.82) is 0 Å². The number of nitrogens with one attached hydrogen (secondary N) is 1. The molecule has 0 unspecified atom stereocenters. The van der Waals surface area contributed by atoms with Gasteiger partial charge in [-0.25, -0.2) is 0 Å². The lowest BCUT2D eigenvalue weighted by atomic mass is 9.70. The van der Waals surface area contributed by atoms with Crippen LogP contribution in [-0.4, -0.2) is 90.9 Å². The van der Waals surface area contributed by atoms with Gasteiger partial charge in [-0.2, -0.15) is 0 Å². The molecule has 3 aliphatic rings. The Hall–Kier alpha value is -4.84. The van der Waals surface area contributed by atoms with Crippen molar-refractivity contribution < 1.29 is 38.5 Å². The van der Waals surface area contributed by atoms with Crippen molar-refractivity contribution in [3.8, 4) is 0 Å². The summed E-state index contributed by atoms with van der Waals surface area (Å²) in [6, 6.07) is 20.8. The van der Waals surface area contributed by atoms with Crippen LogP contribution in [0.1, 0.15) is 37.4 Å². The molecule has 11 nitrogen and oxygen atoms in total. The van der Waals surface area contributed by atoms with E-state index in [1.165, 1.54) is 12.0 Å². The van der Waals surface area contributed by atoms with Gasteiger partial charge in [-0.05, 0) is 47.7 Å². The number of methoxy groups -OCH3 is 1. The van der Waals surface area contributed by atoms with Gasteiger partial charge in [0, 0.05) is 32.3 Å². The Morgan fingerprint density at radius 3 is 2.53 bits per heavy atom. The molecule has 3 aromatic carbocycles. The number of carbonyl (C=O) groups excluding carboxylic acids is 4. The molecule has 51 heavy (non-hydrogen) atoms. The number of fused-ring (bicyclic) bond motifs is 2. The summed E-state index contributed by atoms with van der Waals surface area (Å²) in [4.78, 5) is 59.3. The molecule has 268 valence electrons. The third-order valence-electron chi connectivity index (χ3n) is 10.3. The van der Waals surface area contributed by atoms with Gasteiger partial charge in [0.05, 0.1) is 37.2 Å². The summed E-state index contributed by atoms with van der Waals surface area (Å²) >= 11 is 0. The molecule has 7 atom stereocenters. The van der Waals surface area contributed by atoms with Gasteiger partial charge in [0.15, 0.2) is 0 Å². The van der Waals surface area contributed by atoms with Crippen molar-refractivity contribution in [2.75, 3.05) is 38.3 Å². The van der Waals surface area contributed by atoms with Crippen molar-refractivity contribution in [3.05, 3.63) is 104 Å². The molecule has 3 aromatic rings. The van der Waals surface area contributed by atoms with E-state index < -0.39 is 53.6 Å². The first kappa shape index (κ1) is 36.0. The number of aliphatic hydroxyl groups is 1. The van der Waals surface area contributed by atoms with Gasteiger partial charge in [-0.3, -0.25) is 19.2 Å². The summed E-state index contributed by atoms with van der Waals surface area (Å²) in [7, 11) is 1.50. The van der Waals surface area contributed by atoms with Gasteiger partial charge in [-0.15, -0.1) is 13.2 Å². The van der Waals surface area contributed by atoms with Crippen LogP contribution in [0.2, 0.25) is 0 Å². The highest BCUT2D eigenvalue weighted by atomic mass is 16.6. The molecule has 6 rings (SSSR count). The van der Waals surface area contributed by atoms with Crippen molar-refractivity contribution in [2.45, 2.75) is 55.6 Å². The lowest BCUT2D eigenvalue weighted by Crippen LogP contribution is -2.56. The lowest BCUT2D eigenvalue weighted by molar-refractivity contribution is -0.163. The molecule has 0 aliphatic carbocycles. The number of esters is 1. The number of carbonyl (C=O) groups is 4. The number of amides is 3. The van der Waals surface area contributed by atoms with E-state index in [2.05, 4.69) is 18.5 Å². The number of likely N-dealkylation sites (tertiary alicyclic amines) is 1. The van der Waals surface area contributed by atoms with Crippen LogP contribution in [0.15, 0.2) is 98.1 Å². The Labute approximate surface area is 297 Å². The van der Waals surface area contributed by atoms with Crippen LogP contribution in [0, 0.1) is 11.8 Å². The van der Waals surface area contributed by atoms with Gasteiger partial charge < -0.3 is 34.4 Å². The van der Waals surface area contributed by atoms with E-state index in [0.29, 0.717) is 30.5 Å². The van der Waals surface area contributed by atoms with E-state index in [1.54, 1.807) is 29.2 Å². The van der Waals surface area contributed by atoms with Crippen LogP contribution in [0.4, 0.5) is 5.69 Å². The number of hydrogen-bond acceptors (Lipinski definition) is 8. The summed E-state index contributed by atoms with van der Waals surface area (Å²) in [5, 5.41) is 15.0. The molecular weight excluding hydrogens is 650 g/mol. The smallest absolute Gasteiger partial charge is 0.313 e. The summed E-state index contributed by atoms with van der Waals surface area (Å²) in [6.45, 7) is 7.30. The maximum Gasteiger partial charge on any atom is 0.313 e. The molecule has 3 fully saturated rings. The topological polar surface area (TPSA) is 135 Å². The number of nitrogens with zero attached hydrogens (tertiary/aromatic N) is 2. The van der Waals surface area contributed by atoms with Gasteiger partial charge in [-0.1, -0.05) is 72.8 Å². The van der Waals surface area contributed by atoms with E-state index in [9.17, 15) is 24.3 Å². The van der Waals surface area contributed by atoms with Crippen LogP contribution in [0.25, 0.3) is 10.8 Å². The van der Waals surface area contributed by atoms with E-state index >= 15 is 0 Å². The molecule has 2 N–H and O–H groups in total. The molecule has 11 heteroatoms. The Bertz CT molecular complexity index is 1780. The quantitative estimate of drug-likeness (QED) is 0.169. The fraction of sp³-hybridized carbons (Fsp3) is 0.400. The number of aliphatic hydroxyl groups excluding tert-OH is 1. The maximum absolute atomic E-state index is 14.8. The van der Waals surface area contributed by atoms with Crippen molar-refractivity contribution in [1.82, 2.24) is 10.2 Å². The maximum atomic E-state index is 14.8. The third-order valence-corrected chi connectivity index (χ3v) is 10.3. The SMILES string of the molecule is C=CCCC(=O)N[C@H](COC)[C@H](OC(=O)[C@@H]1[C@H]2C(=O)N(CCO)[C@H](C(=O)N(CC=C)c3ccc4ccccc4c3)[C@]23CC[C@H]1O3)c1ccccc1. The zero-order chi connectivity index (χ0) is 36.1. The first-order chi connectivity index (χ1) is 24.8. The van der Waals surface area contributed by atoms with E-state index in [0.717, 1.165) is 10.8 Å². The molecule has 3 amide bonds. The third kappa shape index (κ3) is 6.81. The Morgan fingerprint density at radius 2 is 1.82 bits per heavy atom. The largest absolute Gasteiger partial charge is 0.455 e. The minimum atomic E-state index is -1.30. The van der Waals surface area contributed by atoms with Crippen LogP contribution in [0.5, 0.6) is 0 Å². The second-order valence-electron chi connectivity index (χ2n) is 13.3. The van der Waals surface area contributed by atoms with E-state index in [1.807, 2.05) is 60.7 Å². The average molecular weight is 696 g/mol. The molecule has 1 spiro atoms. The number of benzene rings is 3. The number of rotatable bonds is 16. The highest BCUT2D eigenvalue weighted by Crippen LogP contribution is 2.59. The predicted octanol–water partition coefficient (Wildman–Crippen LogP) is 4.11. The van der Waals surface area contributed by atoms with Gasteiger partial charge in [0.1, 0.15) is 17.7 Å². The molecule has 2 bridgehead atoms. The van der Waals surface area contributed by atoms with E-state index in [4.69, 9.17) is 14.2 Å². The van der Waals surface area contributed by atoms with Crippen molar-refractivity contribution >= 4 is 40.2 Å². The Morgan fingerprint density at radius 1 is 1.08 bits per heavy atom. The normalized spacial score (nSPS) is 24.5. The summed E-state index contributed by atoms with van der Waals surface area (Å²) < 4.78 is 18.3. The summed E-state index contributed by atoms with van der Waals surface area (Å²) in [5.74, 6) is -3.75. The van der Waals surface area contributed by atoms with Crippen LogP contribution < -0.4 is 10.2 Å². The lowest BCUT2D eigenvalue weighted by Gasteiger charge is -2.36. The first-order valence-electron chi connectivity index (χ1n) is 17.4. The zero-order valence-corrected chi connectivity index (χ0v) is 28.8. The molecule has 0 saturated carbocycles. The molecule has 3 heterocycles. The fourth-order valence-corrected chi connectivity index (χ4v) is 8.12. The minimum absolute atomic E-state index is 0.0539. The van der Waals surface area contributed by atoms with Crippen LogP contribution in [-0.2, 0) is 33.4 Å². The number of hydrogen-bond donors (Lipinski definition) is 2. The fourth-order valence-electron chi connectivity index (χ4n) is 8.12. The van der Waals surface area contributed by atoms with E-state index in [-0.39, 0.29) is 44.5 Å². The van der Waals surface area contributed by atoms with Gasteiger partial charge >= 0.3 is 5.97 Å². The number of β-amino-alcohol motifs (C(OH)–C–C–N with tert-alkyl or cyclic N) is 1. The molecular formula is C40H45N3O8. The zero-order valence-electron chi connectivity index (χ0n) is 28.8. The standard InChI is InChI=1S/C40H45N3O8/c1-4-6-16-32(45)41-30(25-49-3)35(27-13-8-7-9-14-27)50-39(48)33-31-19-20-40(51-31)34(33)37(46)43(22-23-44)36(40)38(47)42(21-5-2)29-18-17-26-12-10-11-15-28(26)24-29/h4-5,7-15,17-18,24,30-31,33-36,44H,1-2,6,16,19-23,25H2,3H3,(H,41,45)/t30-,31-,33+,34+,35-,36-,40+/m1/s1. The number of ether oxygens (including phenoxy) is 3. The summed E-state index contributed by atoms with van der Waals surface area (Å²) in [5.41, 5.74) is -0.0386. The summed E-state index contributed by atoms with van der Waals surface area (Å²) in [6.07, 6.45) is 3.17. The minimum Gasteiger partial charge on any atom is -0.455 e. The van der Waals surface area contributed by atoms with Gasteiger partial charge in [0.25, 0.3) is 5.91 Å². The highest BCUT2D eigenvalue weighted by Gasteiger charge is 2.75. The molecule has 3 saturated heterocycles. The second-order valence-corrected chi connectivity index (χ2v) is 13.3. The second kappa shape index (κ2) is 15.6. The van der Waals surface area contributed by atoms with Crippen molar-refractivity contribution in [3.63, 3.8) is 0 Å². The van der Waals surface area contributed by atoms with Crippen molar-refractivity contribution in [2.24, 2.45) is 11.8 Å². The predicted molar refractivity (Wildman–Crippen MR) is 191 cm³/mol. The number of anilines is 1. The first-order valence-corrected chi connectivity index (χ1v) is 17.4. The highest BCUT2D eigenvalue weighted by molar-refractivity contribution is 6.05. The monoisotopic (exact) mass is 695 g/mol. The molecule has 3 aliphatic heterocycles.